The fourth-order valence-corrected chi connectivity index (χ4v) is 4.17. The molecule has 0 aliphatic carbocycles. The maximum absolute atomic E-state index is 12.4. The molecule has 3 heterocycles. The fourth-order valence-electron chi connectivity index (χ4n) is 3.19. The molecule has 2 amide bonds. The molecule has 0 spiro atoms. The summed E-state index contributed by atoms with van der Waals surface area (Å²) in [5.74, 6) is 0.731. The van der Waals surface area contributed by atoms with Gasteiger partial charge in [0.25, 0.3) is 0 Å². The van der Waals surface area contributed by atoms with Crippen LogP contribution in [0.25, 0.3) is 0 Å². The van der Waals surface area contributed by atoms with Crippen molar-refractivity contribution in [1.82, 2.24) is 14.9 Å². The summed E-state index contributed by atoms with van der Waals surface area (Å²) in [6.07, 6.45) is 3.59. The van der Waals surface area contributed by atoms with Gasteiger partial charge in [-0.05, 0) is 25.7 Å². The van der Waals surface area contributed by atoms with Crippen molar-refractivity contribution in [2.75, 3.05) is 36.8 Å². The molecule has 2 aliphatic heterocycles. The van der Waals surface area contributed by atoms with Crippen molar-refractivity contribution in [2.45, 2.75) is 30.8 Å². The zero-order chi connectivity index (χ0) is 17.8. The highest BCUT2D eigenvalue weighted by atomic mass is 35.5. The van der Waals surface area contributed by atoms with Gasteiger partial charge in [-0.1, -0.05) is 23.4 Å². The maximum atomic E-state index is 12.4. The summed E-state index contributed by atoms with van der Waals surface area (Å²) in [7, 11) is 0. The Balaban J connectivity index is 1.54. The Morgan fingerprint density at radius 1 is 1.20 bits per heavy atom. The molecule has 2 saturated heterocycles. The molecule has 3 rings (SSSR count). The van der Waals surface area contributed by atoms with Crippen LogP contribution in [0.1, 0.15) is 25.7 Å². The van der Waals surface area contributed by atoms with Gasteiger partial charge in [-0.3, -0.25) is 9.59 Å². The molecule has 0 unspecified atom stereocenters. The number of aromatic nitrogens is 2. The van der Waals surface area contributed by atoms with Gasteiger partial charge in [0.2, 0.25) is 11.8 Å². The molecular weight excluding hydrogens is 362 g/mol. The number of amides is 2. The predicted octanol–water partition coefficient (Wildman–Crippen LogP) is 1.55. The van der Waals surface area contributed by atoms with Crippen molar-refractivity contribution in [2.24, 2.45) is 11.7 Å². The average Bonchev–Trinajstić information content (AvgIpc) is 3.14. The number of carbonyl (C=O) groups excluding carboxylic acids is 2. The number of hydrogen-bond acceptors (Lipinski definition) is 6. The summed E-state index contributed by atoms with van der Waals surface area (Å²) in [5.41, 5.74) is 5.32. The van der Waals surface area contributed by atoms with Crippen LogP contribution in [0, 0.1) is 5.92 Å². The minimum atomic E-state index is -0.275. The zero-order valence-electron chi connectivity index (χ0n) is 14.0. The smallest absolute Gasteiger partial charge is 0.233 e. The fraction of sp³-hybridized carbons (Fsp3) is 0.625. The number of halogens is 1. The van der Waals surface area contributed by atoms with Gasteiger partial charge in [0.1, 0.15) is 11.0 Å². The first-order valence-corrected chi connectivity index (χ1v) is 9.88. The van der Waals surface area contributed by atoms with Crippen molar-refractivity contribution in [3.8, 4) is 0 Å². The molecule has 0 saturated carbocycles. The first-order valence-electron chi connectivity index (χ1n) is 8.52. The van der Waals surface area contributed by atoms with Gasteiger partial charge >= 0.3 is 0 Å². The molecular formula is C16H22ClN5O2S. The molecule has 0 bridgehead atoms. The third-order valence-corrected chi connectivity index (χ3v) is 5.69. The summed E-state index contributed by atoms with van der Waals surface area (Å²) in [5, 5.41) is 0.920. The maximum Gasteiger partial charge on any atom is 0.233 e. The minimum Gasteiger partial charge on any atom is -0.369 e. The van der Waals surface area contributed by atoms with Gasteiger partial charge in [-0.2, -0.15) is 0 Å². The molecule has 7 nitrogen and oxygen atoms in total. The van der Waals surface area contributed by atoms with Crippen LogP contribution in [0.5, 0.6) is 0 Å². The summed E-state index contributed by atoms with van der Waals surface area (Å²) in [6.45, 7) is 3.10. The number of nitrogens with two attached hydrogens (primary N) is 1. The zero-order valence-corrected chi connectivity index (χ0v) is 15.6. The van der Waals surface area contributed by atoms with Crippen molar-refractivity contribution in [1.29, 1.82) is 0 Å². The van der Waals surface area contributed by atoms with Crippen LogP contribution in [0.15, 0.2) is 11.2 Å². The van der Waals surface area contributed by atoms with Crippen molar-refractivity contribution < 1.29 is 9.59 Å². The number of primary amides is 1. The van der Waals surface area contributed by atoms with Crippen LogP contribution in [-0.4, -0.2) is 58.6 Å². The summed E-state index contributed by atoms with van der Waals surface area (Å²) in [6, 6.07) is 1.77. The van der Waals surface area contributed by atoms with E-state index >= 15 is 0 Å². The molecule has 9 heteroatoms. The number of anilines is 1. The molecule has 2 fully saturated rings. The first-order chi connectivity index (χ1) is 12.0. The predicted molar refractivity (Wildman–Crippen MR) is 97.7 cm³/mol. The Kier molecular flexibility index (Phi) is 6.01. The molecule has 1 aromatic heterocycles. The lowest BCUT2D eigenvalue weighted by atomic mass is 9.96. The van der Waals surface area contributed by atoms with Crippen LogP contribution in [-0.2, 0) is 9.59 Å². The van der Waals surface area contributed by atoms with E-state index in [2.05, 4.69) is 14.9 Å². The molecule has 0 atom stereocenters. The van der Waals surface area contributed by atoms with E-state index in [0.29, 0.717) is 36.2 Å². The highest BCUT2D eigenvalue weighted by molar-refractivity contribution is 7.99. The number of nitrogens with zero attached hydrogens (tertiary/aromatic N) is 4. The normalized spacial score (nSPS) is 18.6. The van der Waals surface area contributed by atoms with E-state index in [1.807, 2.05) is 0 Å². The van der Waals surface area contributed by atoms with Crippen LogP contribution < -0.4 is 10.6 Å². The third-order valence-electron chi connectivity index (χ3n) is 4.67. The number of hydrogen-bond donors (Lipinski definition) is 1. The second kappa shape index (κ2) is 8.23. The Hall–Kier alpha value is -1.54. The van der Waals surface area contributed by atoms with E-state index in [1.54, 1.807) is 11.0 Å². The van der Waals surface area contributed by atoms with Gasteiger partial charge in [-0.25, -0.2) is 9.97 Å². The van der Waals surface area contributed by atoms with Gasteiger partial charge < -0.3 is 15.5 Å². The molecule has 1 aromatic rings. The number of rotatable bonds is 5. The highest BCUT2D eigenvalue weighted by Crippen LogP contribution is 2.25. The summed E-state index contributed by atoms with van der Waals surface area (Å²) in [4.78, 5) is 36.3. The average molecular weight is 384 g/mol. The van der Waals surface area contributed by atoms with Crippen molar-refractivity contribution in [3.05, 3.63) is 11.2 Å². The second-order valence-corrected chi connectivity index (χ2v) is 7.70. The SMILES string of the molecule is NC(=O)C1CCN(C(=O)CSc2nc(Cl)cc(N3CCCC3)n2)CC1. The summed E-state index contributed by atoms with van der Waals surface area (Å²) < 4.78 is 0. The minimum absolute atomic E-state index is 0.0271. The van der Waals surface area contributed by atoms with Crippen molar-refractivity contribution >= 4 is 41.0 Å². The standard InChI is InChI=1S/C16H22ClN5O2S/c17-12-9-13(21-5-1-2-6-21)20-16(19-12)25-10-14(23)22-7-3-11(4-8-22)15(18)24/h9,11H,1-8,10H2,(H2,18,24). The van der Waals surface area contributed by atoms with E-state index in [1.165, 1.54) is 11.8 Å². The molecule has 25 heavy (non-hydrogen) atoms. The lowest BCUT2D eigenvalue weighted by molar-refractivity contribution is -0.132. The molecule has 2 N–H and O–H groups in total. The topological polar surface area (TPSA) is 92.4 Å². The number of carbonyl (C=O) groups is 2. The highest BCUT2D eigenvalue weighted by Gasteiger charge is 2.26. The van der Waals surface area contributed by atoms with E-state index in [4.69, 9.17) is 17.3 Å². The van der Waals surface area contributed by atoms with Gasteiger partial charge in [0.15, 0.2) is 5.16 Å². The molecule has 0 aromatic carbocycles. The molecule has 2 aliphatic rings. The van der Waals surface area contributed by atoms with Gasteiger partial charge in [0, 0.05) is 38.2 Å². The van der Waals surface area contributed by atoms with Gasteiger partial charge in [-0.15, -0.1) is 0 Å². The molecule has 0 radical (unpaired) electrons. The molecule has 136 valence electrons. The first kappa shape index (κ1) is 18.3. The number of piperidine rings is 1. The largest absolute Gasteiger partial charge is 0.369 e. The van der Waals surface area contributed by atoms with Crippen LogP contribution in [0.3, 0.4) is 0 Å². The van der Waals surface area contributed by atoms with E-state index < -0.39 is 0 Å². The number of thioether (sulfide) groups is 1. The summed E-state index contributed by atoms with van der Waals surface area (Å²) >= 11 is 7.41. The third kappa shape index (κ3) is 4.76. The van der Waals surface area contributed by atoms with Crippen LogP contribution in [0.4, 0.5) is 5.82 Å². The van der Waals surface area contributed by atoms with E-state index in [9.17, 15) is 9.59 Å². The Labute approximate surface area is 156 Å². The van der Waals surface area contributed by atoms with E-state index in [0.717, 1.165) is 31.7 Å². The van der Waals surface area contributed by atoms with Gasteiger partial charge in [0.05, 0.1) is 5.75 Å². The van der Waals surface area contributed by atoms with Crippen molar-refractivity contribution in [3.63, 3.8) is 0 Å². The van der Waals surface area contributed by atoms with Crippen LogP contribution in [0.2, 0.25) is 5.15 Å². The quantitative estimate of drug-likeness (QED) is 0.471. The monoisotopic (exact) mass is 383 g/mol. The lowest BCUT2D eigenvalue weighted by Gasteiger charge is -2.30. The Morgan fingerprint density at radius 3 is 2.52 bits per heavy atom. The van der Waals surface area contributed by atoms with E-state index in [-0.39, 0.29) is 23.5 Å². The second-order valence-electron chi connectivity index (χ2n) is 6.37. The van der Waals surface area contributed by atoms with Crippen LogP contribution >= 0.6 is 23.4 Å². The Morgan fingerprint density at radius 2 is 1.88 bits per heavy atom. The lowest BCUT2D eigenvalue weighted by Crippen LogP contribution is -2.42. The Bertz CT molecular complexity index is 645. The number of likely N-dealkylation sites (tertiary alicyclic amines) is 1.